The van der Waals surface area contributed by atoms with Crippen molar-refractivity contribution in [2.75, 3.05) is 12.4 Å². The van der Waals surface area contributed by atoms with E-state index in [1.165, 1.54) is 13.2 Å². The quantitative estimate of drug-likeness (QED) is 0.672. The number of nitrogens with one attached hydrogen (secondary N) is 1. The summed E-state index contributed by atoms with van der Waals surface area (Å²) in [6.45, 7) is 3.77. The minimum Gasteiger partial charge on any atom is -0.466 e. The van der Waals surface area contributed by atoms with Gasteiger partial charge >= 0.3 is 5.97 Å². The molecule has 2 aromatic carbocycles. The summed E-state index contributed by atoms with van der Waals surface area (Å²) >= 11 is 0. The molecule has 0 aliphatic rings. The van der Waals surface area contributed by atoms with Gasteiger partial charge in [-0.1, -0.05) is 49.0 Å². The van der Waals surface area contributed by atoms with E-state index in [0.29, 0.717) is 5.69 Å². The van der Waals surface area contributed by atoms with Gasteiger partial charge in [0.2, 0.25) is 0 Å². The molecular formula is C17H16FNO2. The van der Waals surface area contributed by atoms with E-state index in [9.17, 15) is 9.18 Å². The number of benzene rings is 2. The molecule has 0 fully saturated rings. The molecule has 0 aliphatic carbocycles. The van der Waals surface area contributed by atoms with Crippen LogP contribution in [-0.4, -0.2) is 13.1 Å². The first-order valence-corrected chi connectivity index (χ1v) is 6.46. The Hall–Kier alpha value is -2.62. The number of rotatable bonds is 5. The van der Waals surface area contributed by atoms with Gasteiger partial charge in [-0.05, 0) is 17.7 Å². The molecule has 0 unspecified atom stereocenters. The Balaban J connectivity index is 2.35. The van der Waals surface area contributed by atoms with Gasteiger partial charge in [0.05, 0.1) is 24.4 Å². The molecule has 3 nitrogen and oxygen atoms in total. The zero-order valence-corrected chi connectivity index (χ0v) is 11.7. The Bertz CT molecular complexity index is 640. The standard InChI is InChI=1S/C17H16FNO2/c1-12(17(20)21-2)16(13-8-4-3-5-9-13)19-15-11-7-6-10-14(15)18/h3-11,16,19H,1H2,2H3/t16-/m0/s1. The first-order valence-electron chi connectivity index (χ1n) is 6.46. The highest BCUT2D eigenvalue weighted by Crippen LogP contribution is 2.27. The molecule has 0 radical (unpaired) electrons. The Kier molecular flexibility index (Phi) is 4.72. The second kappa shape index (κ2) is 6.70. The van der Waals surface area contributed by atoms with Crippen molar-refractivity contribution in [3.63, 3.8) is 0 Å². The van der Waals surface area contributed by atoms with Crippen molar-refractivity contribution in [2.45, 2.75) is 6.04 Å². The van der Waals surface area contributed by atoms with Crippen molar-refractivity contribution in [3.05, 3.63) is 78.1 Å². The van der Waals surface area contributed by atoms with Crippen LogP contribution in [0.5, 0.6) is 0 Å². The van der Waals surface area contributed by atoms with Gasteiger partial charge in [0.15, 0.2) is 0 Å². The van der Waals surface area contributed by atoms with Crippen LogP contribution in [0.25, 0.3) is 0 Å². The highest BCUT2D eigenvalue weighted by atomic mass is 19.1. The van der Waals surface area contributed by atoms with Gasteiger partial charge in [-0.3, -0.25) is 0 Å². The fourth-order valence-corrected chi connectivity index (χ4v) is 2.00. The van der Waals surface area contributed by atoms with E-state index in [1.54, 1.807) is 18.2 Å². The zero-order chi connectivity index (χ0) is 15.2. The van der Waals surface area contributed by atoms with Gasteiger partial charge in [0.1, 0.15) is 5.82 Å². The van der Waals surface area contributed by atoms with Gasteiger partial charge in [-0.15, -0.1) is 0 Å². The number of ether oxygens (including phenoxy) is 1. The molecule has 2 aromatic rings. The number of anilines is 1. The molecule has 108 valence electrons. The minimum absolute atomic E-state index is 0.215. The zero-order valence-electron chi connectivity index (χ0n) is 11.7. The number of carbonyl (C=O) groups is 1. The lowest BCUT2D eigenvalue weighted by Gasteiger charge is -2.21. The van der Waals surface area contributed by atoms with Crippen LogP contribution < -0.4 is 5.32 Å². The fraction of sp³-hybridized carbons (Fsp3) is 0.118. The van der Waals surface area contributed by atoms with Crippen LogP contribution in [0.4, 0.5) is 10.1 Å². The molecule has 4 heteroatoms. The van der Waals surface area contributed by atoms with Crippen molar-refractivity contribution >= 4 is 11.7 Å². The Morgan fingerprint density at radius 2 is 1.76 bits per heavy atom. The number of para-hydroxylation sites is 1. The maximum Gasteiger partial charge on any atom is 0.335 e. The van der Waals surface area contributed by atoms with Gasteiger partial charge < -0.3 is 10.1 Å². The minimum atomic E-state index is -0.560. The molecule has 0 saturated heterocycles. The largest absolute Gasteiger partial charge is 0.466 e. The molecule has 2 rings (SSSR count). The first-order chi connectivity index (χ1) is 10.1. The molecule has 0 heterocycles. The third-order valence-electron chi connectivity index (χ3n) is 3.10. The summed E-state index contributed by atoms with van der Waals surface area (Å²) in [5, 5.41) is 3.00. The van der Waals surface area contributed by atoms with Crippen LogP contribution >= 0.6 is 0 Å². The van der Waals surface area contributed by atoms with E-state index in [0.717, 1.165) is 5.56 Å². The lowest BCUT2D eigenvalue weighted by molar-refractivity contribution is -0.136. The van der Waals surface area contributed by atoms with Crippen molar-refractivity contribution in [1.82, 2.24) is 0 Å². The second-order valence-electron chi connectivity index (χ2n) is 4.48. The summed E-state index contributed by atoms with van der Waals surface area (Å²) in [5.74, 6) is -0.927. The Labute approximate surface area is 123 Å². The highest BCUT2D eigenvalue weighted by Gasteiger charge is 2.22. The normalized spacial score (nSPS) is 11.5. The van der Waals surface area contributed by atoms with Gasteiger partial charge in [0.25, 0.3) is 0 Å². The fourth-order valence-electron chi connectivity index (χ4n) is 2.00. The SMILES string of the molecule is C=C(C(=O)OC)[C@H](Nc1ccccc1F)c1ccccc1. The van der Waals surface area contributed by atoms with E-state index in [1.807, 2.05) is 30.3 Å². The molecule has 0 aliphatic heterocycles. The van der Waals surface area contributed by atoms with Crippen LogP contribution in [0.15, 0.2) is 66.7 Å². The third kappa shape index (κ3) is 3.48. The summed E-state index contributed by atoms with van der Waals surface area (Å²) in [5.41, 5.74) is 1.32. The van der Waals surface area contributed by atoms with E-state index in [4.69, 9.17) is 4.74 Å². The Morgan fingerprint density at radius 1 is 1.14 bits per heavy atom. The van der Waals surface area contributed by atoms with Crippen molar-refractivity contribution < 1.29 is 13.9 Å². The number of hydrogen-bond donors (Lipinski definition) is 1. The highest BCUT2D eigenvalue weighted by molar-refractivity contribution is 5.90. The van der Waals surface area contributed by atoms with Crippen molar-refractivity contribution in [2.24, 2.45) is 0 Å². The summed E-state index contributed by atoms with van der Waals surface area (Å²) in [7, 11) is 1.29. The number of halogens is 1. The molecule has 1 atom stereocenters. The van der Waals surface area contributed by atoms with Crippen LogP contribution in [0, 0.1) is 5.82 Å². The summed E-state index contributed by atoms with van der Waals surface area (Å²) < 4.78 is 18.5. The van der Waals surface area contributed by atoms with Crippen LogP contribution in [-0.2, 0) is 9.53 Å². The molecule has 0 saturated carbocycles. The van der Waals surface area contributed by atoms with Crippen LogP contribution in [0.1, 0.15) is 11.6 Å². The predicted molar refractivity (Wildman–Crippen MR) is 80.4 cm³/mol. The van der Waals surface area contributed by atoms with E-state index in [-0.39, 0.29) is 5.57 Å². The molecule has 0 bridgehead atoms. The lowest BCUT2D eigenvalue weighted by Crippen LogP contribution is -2.20. The van der Waals surface area contributed by atoms with E-state index < -0.39 is 17.8 Å². The number of hydrogen-bond acceptors (Lipinski definition) is 3. The Morgan fingerprint density at radius 3 is 2.38 bits per heavy atom. The van der Waals surface area contributed by atoms with Crippen molar-refractivity contribution in [1.29, 1.82) is 0 Å². The molecule has 0 aromatic heterocycles. The maximum atomic E-state index is 13.8. The summed E-state index contributed by atoms with van der Waals surface area (Å²) in [6.07, 6.45) is 0. The first kappa shape index (κ1) is 14.8. The number of esters is 1. The van der Waals surface area contributed by atoms with Crippen molar-refractivity contribution in [3.8, 4) is 0 Å². The molecule has 0 amide bonds. The smallest absolute Gasteiger partial charge is 0.335 e. The predicted octanol–water partition coefficient (Wildman–Crippen LogP) is 3.71. The van der Waals surface area contributed by atoms with Crippen LogP contribution in [0.2, 0.25) is 0 Å². The average Bonchev–Trinajstić information content (AvgIpc) is 2.53. The van der Waals surface area contributed by atoms with Gasteiger partial charge in [-0.25, -0.2) is 9.18 Å². The van der Waals surface area contributed by atoms with E-state index in [2.05, 4.69) is 11.9 Å². The number of methoxy groups -OCH3 is 1. The molecular weight excluding hydrogens is 269 g/mol. The second-order valence-corrected chi connectivity index (χ2v) is 4.48. The number of carbonyl (C=O) groups excluding carboxylic acids is 1. The van der Waals surface area contributed by atoms with Crippen LogP contribution in [0.3, 0.4) is 0 Å². The molecule has 0 spiro atoms. The monoisotopic (exact) mass is 285 g/mol. The molecule has 21 heavy (non-hydrogen) atoms. The van der Waals surface area contributed by atoms with Gasteiger partial charge in [-0.2, -0.15) is 0 Å². The summed E-state index contributed by atoms with van der Waals surface area (Å²) in [6, 6.07) is 15.0. The maximum absolute atomic E-state index is 13.8. The van der Waals surface area contributed by atoms with E-state index >= 15 is 0 Å². The molecule has 1 N–H and O–H groups in total. The third-order valence-corrected chi connectivity index (χ3v) is 3.10. The van der Waals surface area contributed by atoms with Gasteiger partial charge in [0, 0.05) is 0 Å². The lowest BCUT2D eigenvalue weighted by atomic mass is 9.99. The average molecular weight is 285 g/mol. The summed E-state index contributed by atoms with van der Waals surface area (Å²) in [4.78, 5) is 11.7. The topological polar surface area (TPSA) is 38.3 Å².